The lowest BCUT2D eigenvalue weighted by molar-refractivity contribution is 0.583. The van der Waals surface area contributed by atoms with E-state index in [2.05, 4.69) is 4.98 Å². The van der Waals surface area contributed by atoms with Gasteiger partial charge in [0.1, 0.15) is 0 Å². The van der Waals surface area contributed by atoms with Crippen molar-refractivity contribution in [1.82, 2.24) is 4.98 Å². The molecule has 1 nitrogen and oxygen atoms in total. The first-order chi connectivity index (χ1) is 4.74. The summed E-state index contributed by atoms with van der Waals surface area (Å²) in [4.78, 5) is 3.37. The van der Waals surface area contributed by atoms with Crippen molar-refractivity contribution >= 4 is 11.6 Å². The van der Waals surface area contributed by atoms with Crippen LogP contribution in [0.5, 0.6) is 0 Å². The van der Waals surface area contributed by atoms with E-state index in [4.69, 9.17) is 11.6 Å². The van der Waals surface area contributed by atoms with Gasteiger partial charge in [-0.25, -0.2) is 4.98 Å². The van der Waals surface area contributed by atoms with E-state index in [9.17, 15) is 4.39 Å². The summed E-state index contributed by atoms with van der Waals surface area (Å²) < 4.78 is 12.3. The lowest BCUT2D eigenvalue weighted by Gasteiger charge is -1.97. The Hall–Kier alpha value is -0.630. The highest BCUT2D eigenvalue weighted by atomic mass is 35.5. The van der Waals surface area contributed by atoms with Crippen LogP contribution in [0.2, 0.25) is 5.02 Å². The zero-order valence-corrected chi connectivity index (χ0v) is 6.19. The van der Waals surface area contributed by atoms with Gasteiger partial charge in [0.2, 0.25) is 5.95 Å². The van der Waals surface area contributed by atoms with Crippen LogP contribution in [0.15, 0.2) is 12.3 Å². The fourth-order valence-electron chi connectivity index (χ4n) is 0.649. The zero-order valence-electron chi connectivity index (χ0n) is 5.44. The standard InChI is InChI=1S/C7H6ClFN/c1-2-5-3-7(9)10-4-6(5)8/h2-4H,1H3. The smallest absolute Gasteiger partial charge is 0.213 e. The van der Waals surface area contributed by atoms with E-state index in [-0.39, 0.29) is 0 Å². The molecule has 0 aliphatic rings. The van der Waals surface area contributed by atoms with Crippen molar-refractivity contribution in [3.8, 4) is 0 Å². The van der Waals surface area contributed by atoms with Crippen LogP contribution in [0, 0.1) is 12.4 Å². The molecule has 0 spiro atoms. The molecule has 3 heteroatoms. The minimum atomic E-state index is -0.502. The van der Waals surface area contributed by atoms with Crippen LogP contribution in [-0.2, 0) is 0 Å². The molecule has 0 bridgehead atoms. The number of rotatable bonds is 1. The van der Waals surface area contributed by atoms with Crippen LogP contribution in [0.1, 0.15) is 12.5 Å². The molecule has 0 aromatic carbocycles. The van der Waals surface area contributed by atoms with Crippen LogP contribution in [0.4, 0.5) is 4.39 Å². The van der Waals surface area contributed by atoms with Crippen molar-refractivity contribution in [2.24, 2.45) is 0 Å². The number of hydrogen-bond acceptors (Lipinski definition) is 1. The third-order valence-electron chi connectivity index (χ3n) is 1.16. The Morgan fingerprint density at radius 1 is 1.70 bits per heavy atom. The molecule has 53 valence electrons. The monoisotopic (exact) mass is 158 g/mol. The Labute approximate surface area is 63.8 Å². The van der Waals surface area contributed by atoms with Gasteiger partial charge < -0.3 is 0 Å². The summed E-state index contributed by atoms with van der Waals surface area (Å²) in [5, 5.41) is 0.476. The maximum Gasteiger partial charge on any atom is 0.213 e. The van der Waals surface area contributed by atoms with Crippen LogP contribution >= 0.6 is 11.6 Å². The number of hydrogen-bond donors (Lipinski definition) is 0. The minimum absolute atomic E-state index is 0.476. The predicted molar refractivity (Wildman–Crippen MR) is 38.3 cm³/mol. The average molecular weight is 159 g/mol. The van der Waals surface area contributed by atoms with Gasteiger partial charge in [0, 0.05) is 6.20 Å². The highest BCUT2D eigenvalue weighted by molar-refractivity contribution is 6.31. The molecule has 0 fully saturated rings. The summed E-state index contributed by atoms with van der Waals surface area (Å²) in [6.45, 7) is 1.79. The van der Waals surface area contributed by atoms with Crippen molar-refractivity contribution < 1.29 is 4.39 Å². The molecule has 0 saturated carbocycles. The SMILES string of the molecule is C[CH]c1cc(F)ncc1Cl. The summed E-state index contributed by atoms with van der Waals surface area (Å²) >= 11 is 5.64. The summed E-state index contributed by atoms with van der Waals surface area (Å²) in [7, 11) is 0. The normalized spacial score (nSPS) is 9.90. The van der Waals surface area contributed by atoms with E-state index in [0.29, 0.717) is 10.6 Å². The van der Waals surface area contributed by atoms with E-state index in [0.717, 1.165) is 0 Å². The summed E-state index contributed by atoms with van der Waals surface area (Å²) in [5.41, 5.74) is 0.675. The number of aromatic nitrogens is 1. The van der Waals surface area contributed by atoms with Crippen LogP contribution in [0.3, 0.4) is 0 Å². The molecular formula is C7H6ClFN. The molecule has 0 saturated heterocycles. The molecule has 1 heterocycles. The third-order valence-corrected chi connectivity index (χ3v) is 1.48. The summed E-state index contributed by atoms with van der Waals surface area (Å²) in [6, 6.07) is 1.29. The second-order valence-electron chi connectivity index (χ2n) is 1.82. The molecule has 0 aliphatic heterocycles. The van der Waals surface area contributed by atoms with Gasteiger partial charge in [-0.15, -0.1) is 0 Å². The maximum absolute atomic E-state index is 12.3. The van der Waals surface area contributed by atoms with Gasteiger partial charge in [0.05, 0.1) is 5.02 Å². The van der Waals surface area contributed by atoms with E-state index in [1.807, 2.05) is 0 Å². The first-order valence-electron chi connectivity index (χ1n) is 2.84. The number of nitrogens with zero attached hydrogens (tertiary/aromatic N) is 1. The van der Waals surface area contributed by atoms with Crippen molar-refractivity contribution in [3.63, 3.8) is 0 Å². The van der Waals surface area contributed by atoms with E-state index in [1.165, 1.54) is 12.3 Å². The fraction of sp³-hybridized carbons (Fsp3) is 0.143. The van der Waals surface area contributed by atoms with Gasteiger partial charge in [0.15, 0.2) is 0 Å². The highest BCUT2D eigenvalue weighted by Gasteiger charge is 1.99. The summed E-state index contributed by atoms with van der Waals surface area (Å²) in [6.07, 6.45) is 3.03. The van der Waals surface area contributed by atoms with Crippen molar-refractivity contribution in [2.45, 2.75) is 6.92 Å². The summed E-state index contributed by atoms with van der Waals surface area (Å²) in [5.74, 6) is -0.502. The molecule has 0 N–H and O–H groups in total. The highest BCUT2D eigenvalue weighted by Crippen LogP contribution is 2.15. The third kappa shape index (κ3) is 1.45. The van der Waals surface area contributed by atoms with Crippen molar-refractivity contribution in [2.75, 3.05) is 0 Å². The Bertz CT molecular complexity index is 237. The van der Waals surface area contributed by atoms with Gasteiger partial charge >= 0.3 is 0 Å². The average Bonchev–Trinajstić information content (AvgIpc) is 1.94. The largest absolute Gasteiger partial charge is 0.227 e. The van der Waals surface area contributed by atoms with Crippen LogP contribution in [0.25, 0.3) is 0 Å². The van der Waals surface area contributed by atoms with Crippen molar-refractivity contribution in [3.05, 3.63) is 35.2 Å². The fourth-order valence-corrected chi connectivity index (χ4v) is 0.861. The van der Waals surface area contributed by atoms with Gasteiger partial charge in [-0.1, -0.05) is 18.5 Å². The molecule has 0 amide bonds. The Morgan fingerprint density at radius 3 is 2.90 bits per heavy atom. The minimum Gasteiger partial charge on any atom is -0.227 e. The second-order valence-corrected chi connectivity index (χ2v) is 2.22. The molecule has 0 aliphatic carbocycles. The molecule has 1 radical (unpaired) electrons. The topological polar surface area (TPSA) is 12.9 Å². The lowest BCUT2D eigenvalue weighted by atomic mass is 10.2. The van der Waals surface area contributed by atoms with E-state index >= 15 is 0 Å². The van der Waals surface area contributed by atoms with Crippen molar-refractivity contribution in [1.29, 1.82) is 0 Å². The quantitative estimate of drug-likeness (QED) is 0.572. The van der Waals surface area contributed by atoms with Gasteiger partial charge in [-0.05, 0) is 18.1 Å². The first kappa shape index (κ1) is 7.48. The maximum atomic E-state index is 12.3. The van der Waals surface area contributed by atoms with E-state index < -0.39 is 5.95 Å². The van der Waals surface area contributed by atoms with Crippen LogP contribution < -0.4 is 0 Å². The first-order valence-corrected chi connectivity index (χ1v) is 3.22. The van der Waals surface area contributed by atoms with Crippen LogP contribution in [-0.4, -0.2) is 4.98 Å². The molecule has 0 atom stereocenters. The molecule has 10 heavy (non-hydrogen) atoms. The Morgan fingerprint density at radius 2 is 2.40 bits per heavy atom. The second kappa shape index (κ2) is 2.97. The number of halogens is 2. The molecule has 1 rings (SSSR count). The lowest BCUT2D eigenvalue weighted by Crippen LogP contribution is -1.86. The zero-order chi connectivity index (χ0) is 7.56. The number of pyridine rings is 1. The van der Waals surface area contributed by atoms with Gasteiger partial charge in [0.25, 0.3) is 0 Å². The molecular weight excluding hydrogens is 153 g/mol. The molecule has 0 unspecified atom stereocenters. The van der Waals surface area contributed by atoms with E-state index in [1.54, 1.807) is 13.3 Å². The molecule has 1 aromatic heterocycles. The van der Waals surface area contributed by atoms with Gasteiger partial charge in [-0.2, -0.15) is 4.39 Å². The molecule has 1 aromatic rings. The Balaban J connectivity index is 3.09. The predicted octanol–water partition coefficient (Wildman–Crippen LogP) is 2.45. The van der Waals surface area contributed by atoms with Gasteiger partial charge in [-0.3, -0.25) is 0 Å². The Kier molecular flexibility index (Phi) is 2.22.